The minimum atomic E-state index is -0.725. The molecule has 0 aliphatic carbocycles. The van der Waals surface area contributed by atoms with Crippen molar-refractivity contribution in [2.75, 3.05) is 7.05 Å². The normalized spacial score (nSPS) is 18.4. The van der Waals surface area contributed by atoms with Gasteiger partial charge in [0.15, 0.2) is 5.11 Å². The number of benzene rings is 1. The minimum Gasteiger partial charge on any atom is -0.355 e. The van der Waals surface area contributed by atoms with Crippen molar-refractivity contribution in [3.63, 3.8) is 0 Å². The summed E-state index contributed by atoms with van der Waals surface area (Å²) in [5.74, 6) is -0.816. The molecule has 20 heavy (non-hydrogen) atoms. The van der Waals surface area contributed by atoms with Crippen LogP contribution in [0.1, 0.15) is 18.5 Å². The summed E-state index contributed by atoms with van der Waals surface area (Å²) < 4.78 is 14.1. The Hall–Kier alpha value is -1.66. The van der Waals surface area contributed by atoms with E-state index in [0.717, 1.165) is 0 Å². The Morgan fingerprint density at radius 3 is 2.80 bits per heavy atom. The lowest BCUT2D eigenvalue weighted by Gasteiger charge is -2.30. The number of halogens is 2. The van der Waals surface area contributed by atoms with Gasteiger partial charge in [0.2, 0.25) is 0 Å². The maximum Gasteiger partial charge on any atom is 0.251 e. The van der Waals surface area contributed by atoms with Crippen molar-refractivity contribution < 1.29 is 9.18 Å². The quantitative estimate of drug-likeness (QED) is 0.731. The lowest BCUT2D eigenvalue weighted by Crippen LogP contribution is -2.46. The highest BCUT2D eigenvalue weighted by Crippen LogP contribution is 2.33. The fourth-order valence-electron chi connectivity index (χ4n) is 2.13. The maximum absolute atomic E-state index is 14.1. The van der Waals surface area contributed by atoms with Crippen LogP contribution in [0.3, 0.4) is 0 Å². The van der Waals surface area contributed by atoms with E-state index in [2.05, 4.69) is 16.0 Å². The zero-order chi connectivity index (χ0) is 14.9. The topological polar surface area (TPSA) is 53.2 Å². The van der Waals surface area contributed by atoms with Crippen LogP contribution in [0.5, 0.6) is 0 Å². The van der Waals surface area contributed by atoms with Gasteiger partial charge in [0, 0.05) is 23.3 Å². The molecule has 106 valence electrons. The Balaban J connectivity index is 2.60. The lowest BCUT2D eigenvalue weighted by molar-refractivity contribution is -0.117. The van der Waals surface area contributed by atoms with E-state index in [4.69, 9.17) is 23.8 Å². The second kappa shape index (κ2) is 5.76. The summed E-state index contributed by atoms with van der Waals surface area (Å²) >= 11 is 11.1. The van der Waals surface area contributed by atoms with Crippen LogP contribution in [0.2, 0.25) is 5.02 Å². The van der Waals surface area contributed by atoms with Gasteiger partial charge in [-0.15, -0.1) is 0 Å². The summed E-state index contributed by atoms with van der Waals surface area (Å²) in [6.07, 6.45) is 0. The Kier molecular flexibility index (Phi) is 4.25. The smallest absolute Gasteiger partial charge is 0.251 e. The van der Waals surface area contributed by atoms with Gasteiger partial charge in [0.1, 0.15) is 5.82 Å². The second-order valence-corrected chi connectivity index (χ2v) is 5.10. The highest BCUT2D eigenvalue weighted by molar-refractivity contribution is 7.80. The van der Waals surface area contributed by atoms with E-state index in [1.807, 2.05) is 0 Å². The van der Waals surface area contributed by atoms with Crippen molar-refractivity contribution >= 4 is 34.8 Å². The van der Waals surface area contributed by atoms with Gasteiger partial charge in [0.05, 0.1) is 11.6 Å². The first-order chi connectivity index (χ1) is 9.45. The molecule has 0 spiro atoms. The molecule has 0 fully saturated rings. The van der Waals surface area contributed by atoms with Gasteiger partial charge in [-0.25, -0.2) is 4.39 Å². The molecule has 1 aliphatic rings. The number of thiocarbonyl (C=S) groups is 1. The lowest BCUT2D eigenvalue weighted by atomic mass is 9.94. The fourth-order valence-corrected chi connectivity index (χ4v) is 2.68. The van der Waals surface area contributed by atoms with Gasteiger partial charge < -0.3 is 16.0 Å². The molecule has 2 rings (SSSR count). The molecule has 1 aromatic carbocycles. The van der Waals surface area contributed by atoms with Crippen molar-refractivity contribution in [2.45, 2.75) is 13.0 Å². The number of amides is 1. The van der Waals surface area contributed by atoms with Gasteiger partial charge in [-0.3, -0.25) is 4.79 Å². The van der Waals surface area contributed by atoms with E-state index in [1.165, 1.54) is 19.2 Å². The van der Waals surface area contributed by atoms with Crippen LogP contribution in [0.15, 0.2) is 29.5 Å². The number of allylic oxidation sites excluding steroid dienone is 1. The Morgan fingerprint density at radius 1 is 1.50 bits per heavy atom. The van der Waals surface area contributed by atoms with E-state index >= 15 is 0 Å². The standard InChI is InChI=1S/C13H13ClFN3OS/c1-6-9(12(19)16-2)11(18-13(20)17-6)10-7(14)4-3-5-8(10)15/h3-5,11H,1-2H3,(H,16,19)(H2,17,18,20). The molecular formula is C13H13ClFN3OS. The first kappa shape index (κ1) is 14.7. The Bertz CT molecular complexity index is 597. The van der Waals surface area contributed by atoms with Gasteiger partial charge >= 0.3 is 0 Å². The second-order valence-electron chi connectivity index (χ2n) is 4.28. The van der Waals surface area contributed by atoms with E-state index in [9.17, 15) is 9.18 Å². The number of nitrogens with one attached hydrogen (secondary N) is 3. The molecule has 0 saturated carbocycles. The van der Waals surface area contributed by atoms with Crippen LogP contribution in [0, 0.1) is 5.82 Å². The monoisotopic (exact) mass is 313 g/mol. The van der Waals surface area contributed by atoms with Crippen LogP contribution in [-0.2, 0) is 4.79 Å². The van der Waals surface area contributed by atoms with Crippen molar-refractivity contribution in [1.29, 1.82) is 0 Å². The summed E-state index contributed by atoms with van der Waals surface area (Å²) in [5.41, 5.74) is 1.13. The van der Waals surface area contributed by atoms with Crippen molar-refractivity contribution in [3.05, 3.63) is 45.9 Å². The summed E-state index contributed by atoms with van der Waals surface area (Å²) in [5, 5.41) is 8.83. The SMILES string of the molecule is CNC(=O)C1=C(C)NC(=S)NC1c1c(F)cccc1Cl. The highest BCUT2D eigenvalue weighted by atomic mass is 35.5. The van der Waals surface area contributed by atoms with Crippen LogP contribution in [0.25, 0.3) is 0 Å². The highest BCUT2D eigenvalue weighted by Gasteiger charge is 2.32. The molecule has 0 bridgehead atoms. The molecule has 1 amide bonds. The third-order valence-electron chi connectivity index (χ3n) is 3.03. The molecular weight excluding hydrogens is 301 g/mol. The van der Waals surface area contributed by atoms with Gasteiger partial charge in [0.25, 0.3) is 5.91 Å². The molecule has 1 aliphatic heterocycles. The van der Waals surface area contributed by atoms with Gasteiger partial charge in [-0.2, -0.15) is 0 Å². The number of likely N-dealkylation sites (N-methyl/N-ethyl adjacent to an activating group) is 1. The van der Waals surface area contributed by atoms with Crippen LogP contribution < -0.4 is 16.0 Å². The molecule has 1 heterocycles. The summed E-state index contributed by atoms with van der Waals surface area (Å²) in [7, 11) is 1.51. The average Bonchev–Trinajstić information content (AvgIpc) is 2.37. The van der Waals surface area contributed by atoms with Crippen LogP contribution in [0.4, 0.5) is 4.39 Å². The van der Waals surface area contributed by atoms with Crippen molar-refractivity contribution in [3.8, 4) is 0 Å². The molecule has 4 nitrogen and oxygen atoms in total. The summed E-state index contributed by atoms with van der Waals surface area (Å²) in [6, 6.07) is 3.66. The third kappa shape index (κ3) is 2.62. The number of carbonyl (C=O) groups is 1. The molecule has 1 aromatic rings. The van der Waals surface area contributed by atoms with Crippen molar-refractivity contribution in [2.24, 2.45) is 0 Å². The van der Waals surface area contributed by atoms with E-state index in [-0.39, 0.29) is 16.5 Å². The molecule has 3 N–H and O–H groups in total. The number of hydrogen-bond acceptors (Lipinski definition) is 2. The fraction of sp³-hybridized carbons (Fsp3) is 0.231. The average molecular weight is 314 g/mol. The zero-order valence-corrected chi connectivity index (χ0v) is 12.5. The Labute approximate surface area is 126 Å². The summed E-state index contributed by atoms with van der Waals surface area (Å²) in [4.78, 5) is 12.0. The molecule has 0 radical (unpaired) electrons. The first-order valence-corrected chi connectivity index (χ1v) is 6.68. The van der Waals surface area contributed by atoms with Gasteiger partial charge in [-0.1, -0.05) is 17.7 Å². The molecule has 1 atom stereocenters. The largest absolute Gasteiger partial charge is 0.355 e. The predicted molar refractivity (Wildman–Crippen MR) is 79.8 cm³/mol. The minimum absolute atomic E-state index is 0.205. The van der Waals surface area contributed by atoms with Crippen LogP contribution in [-0.4, -0.2) is 18.1 Å². The van der Waals surface area contributed by atoms with E-state index in [1.54, 1.807) is 13.0 Å². The van der Waals surface area contributed by atoms with Crippen LogP contribution >= 0.6 is 23.8 Å². The molecule has 1 unspecified atom stereocenters. The predicted octanol–water partition coefficient (Wildman–Crippen LogP) is 2.02. The first-order valence-electron chi connectivity index (χ1n) is 5.90. The third-order valence-corrected chi connectivity index (χ3v) is 3.58. The molecule has 0 aromatic heterocycles. The zero-order valence-electron chi connectivity index (χ0n) is 10.9. The summed E-state index contributed by atoms with van der Waals surface area (Å²) in [6.45, 7) is 1.71. The van der Waals surface area contributed by atoms with E-state index < -0.39 is 11.9 Å². The maximum atomic E-state index is 14.1. The number of carbonyl (C=O) groups excluding carboxylic acids is 1. The number of hydrogen-bond donors (Lipinski definition) is 3. The van der Waals surface area contributed by atoms with Gasteiger partial charge in [-0.05, 0) is 31.3 Å². The molecule has 7 heteroatoms. The van der Waals surface area contributed by atoms with Crippen molar-refractivity contribution in [1.82, 2.24) is 16.0 Å². The number of rotatable bonds is 2. The van der Waals surface area contributed by atoms with E-state index in [0.29, 0.717) is 16.4 Å². The Morgan fingerprint density at radius 2 is 2.20 bits per heavy atom. The molecule has 0 saturated heterocycles.